The van der Waals surface area contributed by atoms with Crippen molar-refractivity contribution >= 4 is 0 Å². The molecule has 0 aromatic heterocycles. The second kappa shape index (κ2) is 7.89. The number of rotatable bonds is 8. The Morgan fingerprint density at radius 2 is 1.75 bits per heavy atom. The molecule has 94 valence electrons. The third-order valence-electron chi connectivity index (χ3n) is 3.66. The molecule has 1 fully saturated rings. The smallest absolute Gasteiger partial charge is 0.0654 e. The summed E-state index contributed by atoms with van der Waals surface area (Å²) in [4.78, 5) is 0. The van der Waals surface area contributed by atoms with E-state index >= 15 is 0 Å². The molecule has 0 bridgehead atoms. The zero-order valence-corrected chi connectivity index (χ0v) is 11.0. The minimum Gasteiger partial charge on any atom is -0.375 e. The van der Waals surface area contributed by atoms with Crippen molar-refractivity contribution in [2.75, 3.05) is 6.61 Å². The highest BCUT2D eigenvalue weighted by molar-refractivity contribution is 4.79. The van der Waals surface area contributed by atoms with Crippen LogP contribution in [0.1, 0.15) is 71.1 Å². The van der Waals surface area contributed by atoms with Gasteiger partial charge in [0.05, 0.1) is 5.60 Å². The van der Waals surface area contributed by atoms with Crippen LogP contribution in [0.4, 0.5) is 0 Å². The summed E-state index contributed by atoms with van der Waals surface area (Å²) < 4.78 is 6.06. The van der Waals surface area contributed by atoms with Crippen LogP contribution in [0.2, 0.25) is 0 Å². The largest absolute Gasteiger partial charge is 0.375 e. The molecule has 1 heteroatoms. The van der Waals surface area contributed by atoms with Crippen LogP contribution in [-0.2, 0) is 4.74 Å². The van der Waals surface area contributed by atoms with Crippen LogP contribution in [-0.4, -0.2) is 12.2 Å². The van der Waals surface area contributed by atoms with Gasteiger partial charge >= 0.3 is 0 Å². The summed E-state index contributed by atoms with van der Waals surface area (Å²) in [6, 6.07) is 0. The Kier molecular flexibility index (Phi) is 6.79. The molecule has 0 aromatic carbocycles. The van der Waals surface area contributed by atoms with E-state index in [1.807, 2.05) is 6.08 Å². The maximum Gasteiger partial charge on any atom is 0.0654 e. The van der Waals surface area contributed by atoms with E-state index in [9.17, 15) is 0 Å². The van der Waals surface area contributed by atoms with Crippen molar-refractivity contribution in [3.63, 3.8) is 0 Å². The molecule has 0 amide bonds. The molecular formula is C15H28O. The van der Waals surface area contributed by atoms with Crippen molar-refractivity contribution in [3.8, 4) is 0 Å². The third-order valence-corrected chi connectivity index (χ3v) is 3.66. The molecule has 1 saturated carbocycles. The van der Waals surface area contributed by atoms with Crippen LogP contribution in [0.15, 0.2) is 12.7 Å². The number of allylic oxidation sites excluding steroid dienone is 1. The van der Waals surface area contributed by atoms with E-state index in [0.29, 0.717) is 0 Å². The lowest BCUT2D eigenvalue weighted by Gasteiger charge is -2.33. The molecule has 0 aromatic rings. The molecule has 0 spiro atoms. The van der Waals surface area contributed by atoms with E-state index in [2.05, 4.69) is 13.5 Å². The minimum absolute atomic E-state index is 0.208. The average Bonchev–Trinajstić information content (AvgIpc) is 2.29. The van der Waals surface area contributed by atoms with E-state index < -0.39 is 0 Å². The fourth-order valence-electron chi connectivity index (χ4n) is 2.51. The maximum atomic E-state index is 6.06. The lowest BCUT2D eigenvalue weighted by atomic mass is 9.86. The first-order valence-electron chi connectivity index (χ1n) is 7.02. The van der Waals surface area contributed by atoms with Gasteiger partial charge in [-0.25, -0.2) is 0 Å². The highest BCUT2D eigenvalue weighted by atomic mass is 16.5. The van der Waals surface area contributed by atoms with Crippen LogP contribution in [0.5, 0.6) is 0 Å². The average molecular weight is 224 g/mol. The second-order valence-corrected chi connectivity index (χ2v) is 5.35. The number of hydrogen-bond acceptors (Lipinski definition) is 1. The summed E-state index contributed by atoms with van der Waals surface area (Å²) in [5.74, 6) is 0. The Labute approximate surface area is 101 Å². The summed E-state index contributed by atoms with van der Waals surface area (Å²) in [5.41, 5.74) is 0.208. The van der Waals surface area contributed by atoms with Gasteiger partial charge in [0.15, 0.2) is 0 Å². The summed E-state index contributed by atoms with van der Waals surface area (Å²) in [5, 5.41) is 0. The van der Waals surface area contributed by atoms with Crippen LogP contribution in [0.25, 0.3) is 0 Å². The Hall–Kier alpha value is -0.300. The molecule has 0 saturated heterocycles. The van der Waals surface area contributed by atoms with E-state index in [-0.39, 0.29) is 5.60 Å². The Morgan fingerprint density at radius 1 is 1.06 bits per heavy atom. The first-order valence-corrected chi connectivity index (χ1v) is 7.02. The van der Waals surface area contributed by atoms with Gasteiger partial charge in [-0.05, 0) is 39.0 Å². The predicted octanol–water partition coefficient (Wildman–Crippen LogP) is 4.86. The van der Waals surface area contributed by atoms with Crippen molar-refractivity contribution in [2.24, 2.45) is 0 Å². The summed E-state index contributed by atoms with van der Waals surface area (Å²) in [6.45, 7) is 7.00. The molecule has 0 N–H and O–H groups in total. The molecule has 0 atom stereocenters. The molecule has 0 radical (unpaired) electrons. The Morgan fingerprint density at radius 3 is 2.44 bits per heavy atom. The lowest BCUT2D eigenvalue weighted by Crippen LogP contribution is -2.31. The first-order chi connectivity index (χ1) is 7.77. The number of unbranched alkanes of at least 4 members (excludes halogenated alkanes) is 4. The minimum atomic E-state index is 0.208. The summed E-state index contributed by atoms with van der Waals surface area (Å²) in [7, 11) is 0. The van der Waals surface area contributed by atoms with Gasteiger partial charge in [0, 0.05) is 6.61 Å². The fraction of sp³-hybridized carbons (Fsp3) is 0.867. The molecule has 1 aliphatic rings. The van der Waals surface area contributed by atoms with Crippen LogP contribution >= 0.6 is 0 Å². The van der Waals surface area contributed by atoms with Gasteiger partial charge in [-0.15, -0.1) is 6.58 Å². The molecule has 1 aliphatic carbocycles. The van der Waals surface area contributed by atoms with Crippen LogP contribution in [0.3, 0.4) is 0 Å². The lowest BCUT2D eigenvalue weighted by molar-refractivity contribution is -0.0574. The van der Waals surface area contributed by atoms with Gasteiger partial charge in [0.25, 0.3) is 0 Å². The summed E-state index contributed by atoms with van der Waals surface area (Å²) >= 11 is 0. The SMILES string of the molecule is C=CCCCCCCOC1(C)CCCCC1. The quantitative estimate of drug-likeness (QED) is 0.422. The molecule has 0 unspecified atom stereocenters. The second-order valence-electron chi connectivity index (χ2n) is 5.35. The molecule has 1 nitrogen and oxygen atoms in total. The van der Waals surface area contributed by atoms with Crippen LogP contribution in [0, 0.1) is 0 Å². The Bertz CT molecular complexity index is 180. The third kappa shape index (κ3) is 5.69. The van der Waals surface area contributed by atoms with Crippen molar-refractivity contribution < 1.29 is 4.74 Å². The molecule has 1 rings (SSSR count). The number of ether oxygens (including phenoxy) is 1. The highest BCUT2D eigenvalue weighted by Gasteiger charge is 2.26. The molecule has 0 heterocycles. The fourth-order valence-corrected chi connectivity index (χ4v) is 2.51. The van der Waals surface area contributed by atoms with Crippen molar-refractivity contribution in [3.05, 3.63) is 12.7 Å². The van der Waals surface area contributed by atoms with Gasteiger partial charge in [-0.3, -0.25) is 0 Å². The van der Waals surface area contributed by atoms with Gasteiger partial charge < -0.3 is 4.74 Å². The highest BCUT2D eigenvalue weighted by Crippen LogP contribution is 2.31. The summed E-state index contributed by atoms with van der Waals surface area (Å²) in [6.07, 6.45) is 15.0. The Balaban J connectivity index is 1.95. The van der Waals surface area contributed by atoms with Gasteiger partial charge in [-0.1, -0.05) is 38.2 Å². The topological polar surface area (TPSA) is 9.23 Å². The number of hydrogen-bond donors (Lipinski definition) is 0. The van der Waals surface area contributed by atoms with Gasteiger partial charge in [0.2, 0.25) is 0 Å². The zero-order valence-electron chi connectivity index (χ0n) is 11.0. The normalized spacial score (nSPS) is 19.6. The van der Waals surface area contributed by atoms with Gasteiger partial charge in [0.1, 0.15) is 0 Å². The predicted molar refractivity (Wildman–Crippen MR) is 70.7 cm³/mol. The maximum absolute atomic E-state index is 6.06. The monoisotopic (exact) mass is 224 g/mol. The van der Waals surface area contributed by atoms with Crippen LogP contribution < -0.4 is 0 Å². The standard InChI is InChI=1S/C15H28O/c1-3-4-5-6-7-11-14-16-15(2)12-9-8-10-13-15/h3H,1,4-14H2,2H3. The van der Waals surface area contributed by atoms with E-state index in [0.717, 1.165) is 6.61 Å². The van der Waals surface area contributed by atoms with E-state index in [1.54, 1.807) is 0 Å². The first kappa shape index (κ1) is 13.8. The van der Waals surface area contributed by atoms with Crippen molar-refractivity contribution in [2.45, 2.75) is 76.7 Å². The molecule has 16 heavy (non-hydrogen) atoms. The molecular weight excluding hydrogens is 196 g/mol. The zero-order chi connectivity index (χ0) is 11.7. The van der Waals surface area contributed by atoms with Crippen molar-refractivity contribution in [1.82, 2.24) is 0 Å². The van der Waals surface area contributed by atoms with E-state index in [1.165, 1.54) is 64.2 Å². The van der Waals surface area contributed by atoms with Crippen molar-refractivity contribution in [1.29, 1.82) is 0 Å². The van der Waals surface area contributed by atoms with Gasteiger partial charge in [-0.2, -0.15) is 0 Å². The molecule has 0 aliphatic heterocycles. The van der Waals surface area contributed by atoms with E-state index in [4.69, 9.17) is 4.74 Å².